The Morgan fingerprint density at radius 3 is 2.36 bits per heavy atom. The minimum atomic E-state index is -0.794. The smallest absolute Gasteiger partial charge is 0.306 e. The lowest BCUT2D eigenvalue weighted by Crippen LogP contribution is -2.57. The number of piperidine rings is 1. The Labute approximate surface area is 195 Å². The molecule has 9 nitrogen and oxygen atoms in total. The largest absolute Gasteiger partial charge is 0.466 e. The topological polar surface area (TPSA) is 99.3 Å². The monoisotopic (exact) mass is 458 g/mol. The van der Waals surface area contributed by atoms with Gasteiger partial charge in [0.2, 0.25) is 11.8 Å². The number of esters is 1. The van der Waals surface area contributed by atoms with E-state index in [0.717, 1.165) is 5.69 Å². The molecule has 0 unspecified atom stereocenters. The van der Waals surface area contributed by atoms with Crippen LogP contribution in [0.3, 0.4) is 0 Å². The van der Waals surface area contributed by atoms with Gasteiger partial charge in [0.15, 0.2) is 0 Å². The summed E-state index contributed by atoms with van der Waals surface area (Å²) in [4.78, 5) is 55.5. The van der Waals surface area contributed by atoms with Crippen molar-refractivity contribution in [2.75, 3.05) is 37.8 Å². The quantitative estimate of drug-likeness (QED) is 0.593. The number of likely N-dealkylation sites (tertiary alicyclic amines) is 1. The Hall–Kier alpha value is -3.10. The minimum absolute atomic E-state index is 0.00162. The molecule has 3 amide bonds. The average molecular weight is 459 g/mol. The number of para-hydroxylation sites is 1. The van der Waals surface area contributed by atoms with Gasteiger partial charge in [0.05, 0.1) is 19.7 Å². The van der Waals surface area contributed by atoms with Gasteiger partial charge in [-0.05, 0) is 45.7 Å². The number of carbonyl (C=O) groups excluding carboxylic acids is 4. The maximum atomic E-state index is 13.6. The molecule has 2 fully saturated rings. The number of ether oxygens (including phenoxy) is 1. The molecule has 0 bridgehead atoms. The van der Waals surface area contributed by atoms with E-state index in [1.165, 1.54) is 0 Å². The van der Waals surface area contributed by atoms with Crippen molar-refractivity contribution < 1.29 is 23.9 Å². The zero-order valence-corrected chi connectivity index (χ0v) is 19.7. The van der Waals surface area contributed by atoms with Crippen molar-refractivity contribution in [3.8, 4) is 0 Å². The van der Waals surface area contributed by atoms with E-state index in [1.54, 1.807) is 16.7 Å². The molecular weight excluding hydrogens is 424 g/mol. The van der Waals surface area contributed by atoms with E-state index < -0.39 is 5.54 Å². The molecule has 1 aromatic carbocycles. The number of hydrogen-bond acceptors (Lipinski definition) is 6. The highest BCUT2D eigenvalue weighted by Crippen LogP contribution is 2.39. The highest BCUT2D eigenvalue weighted by Gasteiger charge is 2.54. The molecule has 1 spiro atoms. The number of rotatable bonds is 8. The van der Waals surface area contributed by atoms with Crippen LogP contribution in [0.4, 0.5) is 5.69 Å². The van der Waals surface area contributed by atoms with Gasteiger partial charge in [0.25, 0.3) is 5.91 Å². The average Bonchev–Trinajstić information content (AvgIpc) is 3.04. The normalized spacial score (nSPS) is 17.6. The van der Waals surface area contributed by atoms with Crippen molar-refractivity contribution in [2.24, 2.45) is 0 Å². The first-order valence-corrected chi connectivity index (χ1v) is 11.6. The number of amides is 3. The second-order valence-electron chi connectivity index (χ2n) is 8.85. The summed E-state index contributed by atoms with van der Waals surface area (Å²) in [5.41, 5.74) is 0.122. The van der Waals surface area contributed by atoms with Crippen molar-refractivity contribution >= 4 is 29.4 Å². The summed E-state index contributed by atoms with van der Waals surface area (Å²) >= 11 is 0. The third-order valence-corrected chi connectivity index (χ3v) is 6.16. The van der Waals surface area contributed by atoms with Crippen molar-refractivity contribution in [1.29, 1.82) is 0 Å². The Morgan fingerprint density at radius 1 is 1.09 bits per heavy atom. The first-order chi connectivity index (χ1) is 15.8. The fourth-order valence-corrected chi connectivity index (χ4v) is 4.59. The Bertz CT molecular complexity index is 865. The molecule has 0 aromatic heterocycles. The number of carbonyl (C=O) groups is 4. The van der Waals surface area contributed by atoms with Gasteiger partial charge in [-0.15, -0.1) is 0 Å². The first-order valence-electron chi connectivity index (χ1n) is 11.6. The summed E-state index contributed by atoms with van der Waals surface area (Å²) in [5, 5.41) is 2.85. The third-order valence-electron chi connectivity index (χ3n) is 6.16. The molecule has 2 heterocycles. The van der Waals surface area contributed by atoms with Gasteiger partial charge >= 0.3 is 5.97 Å². The van der Waals surface area contributed by atoms with Crippen LogP contribution in [0.2, 0.25) is 0 Å². The molecule has 180 valence electrons. The highest BCUT2D eigenvalue weighted by molar-refractivity contribution is 5.96. The molecule has 2 aliphatic rings. The molecular formula is C24H34N4O5. The predicted molar refractivity (Wildman–Crippen MR) is 123 cm³/mol. The zero-order valence-electron chi connectivity index (χ0n) is 19.7. The van der Waals surface area contributed by atoms with E-state index in [2.05, 4.69) is 10.2 Å². The third kappa shape index (κ3) is 5.64. The Balaban J connectivity index is 1.72. The van der Waals surface area contributed by atoms with Crippen LogP contribution in [0.1, 0.15) is 46.5 Å². The van der Waals surface area contributed by atoms with E-state index in [9.17, 15) is 19.2 Å². The van der Waals surface area contributed by atoms with Gasteiger partial charge in [-0.3, -0.25) is 19.2 Å². The van der Waals surface area contributed by atoms with Gasteiger partial charge in [-0.2, -0.15) is 0 Å². The summed E-state index contributed by atoms with van der Waals surface area (Å²) in [6, 6.07) is 9.70. The van der Waals surface area contributed by atoms with Crippen LogP contribution in [-0.4, -0.2) is 78.0 Å². The van der Waals surface area contributed by atoms with Crippen LogP contribution in [0.15, 0.2) is 30.3 Å². The Morgan fingerprint density at radius 2 is 1.76 bits per heavy atom. The zero-order chi connectivity index (χ0) is 24.0. The minimum Gasteiger partial charge on any atom is -0.466 e. The maximum absolute atomic E-state index is 13.6. The standard InChI is InChI=1S/C24H34N4O5/c1-4-33-22(31)11-10-21(30)26-14-12-24(13-15-26)23(32)27(16-20(29)25-18(2)3)17-28(24)19-8-6-5-7-9-19/h5-9,18H,4,10-17H2,1-3H3,(H,25,29). The highest BCUT2D eigenvalue weighted by atomic mass is 16.5. The number of nitrogens with zero attached hydrogens (tertiary/aromatic N) is 3. The maximum Gasteiger partial charge on any atom is 0.306 e. The summed E-state index contributed by atoms with van der Waals surface area (Å²) in [7, 11) is 0. The van der Waals surface area contributed by atoms with Crippen LogP contribution in [-0.2, 0) is 23.9 Å². The SMILES string of the molecule is CCOC(=O)CCC(=O)N1CCC2(CC1)C(=O)N(CC(=O)NC(C)C)CN2c1ccccc1. The fourth-order valence-electron chi connectivity index (χ4n) is 4.59. The fraction of sp³-hybridized carbons (Fsp3) is 0.583. The molecule has 0 atom stereocenters. The molecule has 2 aliphatic heterocycles. The van der Waals surface area contributed by atoms with Gasteiger partial charge < -0.3 is 24.8 Å². The van der Waals surface area contributed by atoms with E-state index in [1.807, 2.05) is 44.2 Å². The van der Waals surface area contributed by atoms with Crippen LogP contribution in [0.25, 0.3) is 0 Å². The molecule has 3 rings (SSSR count). The molecule has 2 saturated heterocycles. The summed E-state index contributed by atoms with van der Waals surface area (Å²) < 4.78 is 4.90. The van der Waals surface area contributed by atoms with Crippen molar-refractivity contribution in [1.82, 2.24) is 15.1 Å². The van der Waals surface area contributed by atoms with Crippen molar-refractivity contribution in [3.63, 3.8) is 0 Å². The second-order valence-corrected chi connectivity index (χ2v) is 8.85. The molecule has 0 aliphatic carbocycles. The molecule has 0 saturated carbocycles. The predicted octanol–water partition coefficient (Wildman–Crippen LogP) is 1.52. The number of anilines is 1. The van der Waals surface area contributed by atoms with E-state index >= 15 is 0 Å². The van der Waals surface area contributed by atoms with Crippen LogP contribution < -0.4 is 10.2 Å². The second kappa shape index (κ2) is 10.7. The van der Waals surface area contributed by atoms with Crippen molar-refractivity contribution in [2.45, 2.75) is 58.0 Å². The van der Waals surface area contributed by atoms with E-state index in [4.69, 9.17) is 4.74 Å². The first kappa shape index (κ1) is 24.5. The van der Waals surface area contributed by atoms with E-state index in [0.29, 0.717) is 39.2 Å². The molecule has 0 radical (unpaired) electrons. The molecule has 1 aromatic rings. The van der Waals surface area contributed by atoms with Gasteiger partial charge in [-0.25, -0.2) is 0 Å². The summed E-state index contributed by atoms with van der Waals surface area (Å²) in [6.45, 7) is 6.96. The van der Waals surface area contributed by atoms with Crippen LogP contribution in [0.5, 0.6) is 0 Å². The number of hydrogen-bond donors (Lipinski definition) is 1. The lowest BCUT2D eigenvalue weighted by Gasteiger charge is -2.43. The van der Waals surface area contributed by atoms with Crippen LogP contribution in [0, 0.1) is 0 Å². The van der Waals surface area contributed by atoms with Crippen LogP contribution >= 0.6 is 0 Å². The lowest BCUT2D eigenvalue weighted by molar-refractivity contribution is -0.146. The van der Waals surface area contributed by atoms with E-state index in [-0.39, 0.29) is 49.1 Å². The molecule has 9 heteroatoms. The van der Waals surface area contributed by atoms with Gasteiger partial charge in [0, 0.05) is 31.2 Å². The Kier molecular flexibility index (Phi) is 7.94. The lowest BCUT2D eigenvalue weighted by atomic mass is 9.85. The summed E-state index contributed by atoms with van der Waals surface area (Å²) in [6.07, 6.45) is 1.09. The van der Waals surface area contributed by atoms with Gasteiger partial charge in [0.1, 0.15) is 12.1 Å². The number of nitrogens with one attached hydrogen (secondary N) is 1. The van der Waals surface area contributed by atoms with Crippen molar-refractivity contribution in [3.05, 3.63) is 30.3 Å². The molecule has 1 N–H and O–H groups in total. The summed E-state index contributed by atoms with van der Waals surface area (Å²) in [5.74, 6) is -0.752. The van der Waals surface area contributed by atoms with Gasteiger partial charge in [-0.1, -0.05) is 18.2 Å². The molecule has 33 heavy (non-hydrogen) atoms. The number of benzene rings is 1.